The van der Waals surface area contributed by atoms with Crippen LogP contribution in [0.4, 0.5) is 11.4 Å². The van der Waals surface area contributed by atoms with Gasteiger partial charge in [0.2, 0.25) is 5.91 Å². The predicted molar refractivity (Wildman–Crippen MR) is 143 cm³/mol. The van der Waals surface area contributed by atoms with Crippen LogP contribution in [0.3, 0.4) is 0 Å². The molecule has 0 saturated carbocycles. The number of benzene rings is 3. The Balaban J connectivity index is 1.65. The molecule has 1 amide bonds. The standard InChI is InChI=1S/C30H36N2O3/c1-4-5-6-7-8-16-29(33)31(2)22-23-12-11-13-25(21-23)24-17-19-26(20-18-24)32(3)28-15-10-9-14-27(28)30(34)35/h9-15,17-21H,4-8,16,22H2,1-3H3,(H,34,35). The zero-order chi connectivity index (χ0) is 25.2. The number of carboxylic acid groups (broad SMARTS) is 1. The molecule has 3 rings (SSSR count). The lowest BCUT2D eigenvalue weighted by molar-refractivity contribution is -0.130. The number of hydrogen-bond acceptors (Lipinski definition) is 3. The Kier molecular flexibility index (Phi) is 9.47. The highest BCUT2D eigenvalue weighted by atomic mass is 16.4. The van der Waals surface area contributed by atoms with Crippen LogP contribution in [0.15, 0.2) is 72.8 Å². The van der Waals surface area contributed by atoms with E-state index in [-0.39, 0.29) is 11.5 Å². The van der Waals surface area contributed by atoms with E-state index in [4.69, 9.17) is 0 Å². The summed E-state index contributed by atoms with van der Waals surface area (Å²) in [7, 11) is 3.74. The van der Waals surface area contributed by atoms with Crippen molar-refractivity contribution in [1.82, 2.24) is 4.90 Å². The van der Waals surface area contributed by atoms with Crippen molar-refractivity contribution in [1.29, 1.82) is 0 Å². The molecule has 0 heterocycles. The molecule has 35 heavy (non-hydrogen) atoms. The van der Waals surface area contributed by atoms with Crippen LogP contribution in [0, 0.1) is 0 Å². The second kappa shape index (κ2) is 12.7. The molecule has 184 valence electrons. The van der Waals surface area contributed by atoms with Crippen LogP contribution >= 0.6 is 0 Å². The number of carbonyl (C=O) groups is 2. The SMILES string of the molecule is CCCCCCCC(=O)N(C)Cc1cccc(-c2ccc(N(C)c3ccccc3C(=O)O)cc2)c1. The maximum Gasteiger partial charge on any atom is 0.337 e. The molecule has 5 nitrogen and oxygen atoms in total. The van der Waals surface area contributed by atoms with E-state index >= 15 is 0 Å². The third-order valence-corrected chi connectivity index (χ3v) is 6.35. The predicted octanol–water partition coefficient (Wildman–Crippen LogP) is 7.14. The topological polar surface area (TPSA) is 60.9 Å². The summed E-state index contributed by atoms with van der Waals surface area (Å²) in [4.78, 5) is 27.8. The minimum atomic E-state index is -0.944. The molecule has 0 saturated heterocycles. The van der Waals surface area contributed by atoms with Crippen molar-refractivity contribution in [3.63, 3.8) is 0 Å². The average molecular weight is 473 g/mol. The fourth-order valence-electron chi connectivity index (χ4n) is 4.25. The number of hydrogen-bond donors (Lipinski definition) is 1. The van der Waals surface area contributed by atoms with E-state index in [9.17, 15) is 14.7 Å². The van der Waals surface area contributed by atoms with E-state index in [2.05, 4.69) is 25.1 Å². The lowest BCUT2D eigenvalue weighted by Crippen LogP contribution is -2.25. The molecule has 0 aliphatic heterocycles. The van der Waals surface area contributed by atoms with Gasteiger partial charge in [0, 0.05) is 32.7 Å². The Bertz CT molecular complexity index is 1120. The summed E-state index contributed by atoms with van der Waals surface area (Å²) in [6, 6.07) is 23.3. The number of aromatic carboxylic acids is 1. The van der Waals surface area contributed by atoms with Crippen molar-refractivity contribution in [2.75, 3.05) is 19.0 Å². The van der Waals surface area contributed by atoms with Gasteiger partial charge in [0.05, 0.1) is 11.3 Å². The molecule has 0 aromatic heterocycles. The van der Waals surface area contributed by atoms with Crippen LogP contribution in [0.5, 0.6) is 0 Å². The zero-order valence-electron chi connectivity index (χ0n) is 21.0. The molecule has 0 aliphatic carbocycles. The van der Waals surface area contributed by atoms with E-state index in [1.807, 2.05) is 66.4 Å². The first-order chi connectivity index (χ1) is 16.9. The molecular weight excluding hydrogens is 436 g/mol. The van der Waals surface area contributed by atoms with Crippen molar-refractivity contribution in [3.05, 3.63) is 83.9 Å². The van der Waals surface area contributed by atoms with Crippen molar-refractivity contribution < 1.29 is 14.7 Å². The fourth-order valence-corrected chi connectivity index (χ4v) is 4.25. The summed E-state index contributed by atoms with van der Waals surface area (Å²) in [6.07, 6.45) is 6.35. The van der Waals surface area contributed by atoms with Gasteiger partial charge in [-0.3, -0.25) is 4.79 Å². The van der Waals surface area contributed by atoms with Gasteiger partial charge in [-0.05, 0) is 53.4 Å². The van der Waals surface area contributed by atoms with Crippen molar-refractivity contribution in [3.8, 4) is 11.1 Å². The van der Waals surface area contributed by atoms with E-state index < -0.39 is 5.97 Å². The van der Waals surface area contributed by atoms with Crippen LogP contribution in [-0.2, 0) is 11.3 Å². The molecule has 0 aliphatic rings. The maximum absolute atomic E-state index is 12.5. The Morgan fingerprint density at radius 3 is 2.23 bits per heavy atom. The van der Waals surface area contributed by atoms with Gasteiger partial charge < -0.3 is 14.9 Å². The number of carbonyl (C=O) groups excluding carboxylic acids is 1. The van der Waals surface area contributed by atoms with Crippen LogP contribution < -0.4 is 4.90 Å². The smallest absolute Gasteiger partial charge is 0.337 e. The van der Waals surface area contributed by atoms with E-state index in [1.165, 1.54) is 19.3 Å². The lowest BCUT2D eigenvalue weighted by Gasteiger charge is -2.21. The van der Waals surface area contributed by atoms with Crippen LogP contribution in [0.25, 0.3) is 11.1 Å². The van der Waals surface area contributed by atoms with Crippen molar-refractivity contribution in [2.45, 2.75) is 52.0 Å². The van der Waals surface area contributed by atoms with Gasteiger partial charge in [-0.1, -0.05) is 75.1 Å². The molecule has 0 unspecified atom stereocenters. The summed E-state index contributed by atoms with van der Waals surface area (Å²) in [6.45, 7) is 2.79. The van der Waals surface area contributed by atoms with Gasteiger partial charge in [0.15, 0.2) is 0 Å². The second-order valence-electron chi connectivity index (χ2n) is 9.04. The minimum Gasteiger partial charge on any atom is -0.478 e. The highest BCUT2D eigenvalue weighted by molar-refractivity contribution is 5.95. The van der Waals surface area contributed by atoms with E-state index in [1.54, 1.807) is 12.1 Å². The van der Waals surface area contributed by atoms with Gasteiger partial charge in [0.25, 0.3) is 0 Å². The fraction of sp³-hybridized carbons (Fsp3) is 0.333. The van der Waals surface area contributed by atoms with Gasteiger partial charge in [-0.2, -0.15) is 0 Å². The van der Waals surface area contributed by atoms with Gasteiger partial charge >= 0.3 is 5.97 Å². The molecule has 0 radical (unpaired) electrons. The Labute approximate surface area is 209 Å². The normalized spacial score (nSPS) is 10.7. The number of rotatable bonds is 12. The number of carboxylic acids is 1. The first-order valence-electron chi connectivity index (χ1n) is 12.4. The first kappa shape index (κ1) is 26.0. The Morgan fingerprint density at radius 1 is 0.800 bits per heavy atom. The van der Waals surface area contributed by atoms with Gasteiger partial charge in [0.1, 0.15) is 0 Å². The van der Waals surface area contributed by atoms with Crippen molar-refractivity contribution >= 4 is 23.3 Å². The minimum absolute atomic E-state index is 0.195. The third kappa shape index (κ3) is 7.19. The summed E-state index contributed by atoms with van der Waals surface area (Å²) in [5.74, 6) is -0.748. The van der Waals surface area contributed by atoms with Gasteiger partial charge in [-0.25, -0.2) is 4.79 Å². The molecular formula is C30H36N2O3. The molecule has 0 atom stereocenters. The average Bonchev–Trinajstić information content (AvgIpc) is 2.88. The number of nitrogens with zero attached hydrogens (tertiary/aromatic N) is 2. The second-order valence-corrected chi connectivity index (χ2v) is 9.04. The highest BCUT2D eigenvalue weighted by Crippen LogP contribution is 2.29. The summed E-state index contributed by atoms with van der Waals surface area (Å²) >= 11 is 0. The summed E-state index contributed by atoms with van der Waals surface area (Å²) in [5, 5.41) is 9.50. The summed E-state index contributed by atoms with van der Waals surface area (Å²) in [5.41, 5.74) is 5.08. The third-order valence-electron chi connectivity index (χ3n) is 6.35. The maximum atomic E-state index is 12.5. The highest BCUT2D eigenvalue weighted by Gasteiger charge is 2.14. The quantitative estimate of drug-likeness (QED) is 0.285. The van der Waals surface area contributed by atoms with Gasteiger partial charge in [-0.15, -0.1) is 0 Å². The van der Waals surface area contributed by atoms with Crippen molar-refractivity contribution in [2.24, 2.45) is 0 Å². The lowest BCUT2D eigenvalue weighted by atomic mass is 10.0. The first-order valence-corrected chi connectivity index (χ1v) is 12.4. The number of para-hydroxylation sites is 1. The molecule has 0 spiro atoms. The molecule has 5 heteroatoms. The molecule has 0 bridgehead atoms. The van der Waals surface area contributed by atoms with Crippen LogP contribution in [-0.4, -0.2) is 36.0 Å². The molecule has 3 aromatic rings. The number of anilines is 2. The number of unbranched alkanes of at least 4 members (excludes halogenated alkanes) is 4. The molecule has 3 aromatic carbocycles. The van der Waals surface area contributed by atoms with E-state index in [0.29, 0.717) is 18.7 Å². The van der Waals surface area contributed by atoms with Crippen LogP contribution in [0.1, 0.15) is 61.4 Å². The zero-order valence-corrected chi connectivity index (χ0v) is 21.0. The summed E-state index contributed by atoms with van der Waals surface area (Å²) < 4.78 is 0. The van der Waals surface area contributed by atoms with Crippen LogP contribution in [0.2, 0.25) is 0 Å². The Hall–Kier alpha value is -3.60. The van der Waals surface area contributed by atoms with E-state index in [0.717, 1.165) is 35.2 Å². The monoisotopic (exact) mass is 472 g/mol. The Morgan fingerprint density at radius 2 is 1.51 bits per heavy atom. The molecule has 1 N–H and O–H groups in total. The molecule has 0 fully saturated rings. The number of amides is 1. The largest absolute Gasteiger partial charge is 0.478 e.